The Bertz CT molecular complexity index is 969. The molecule has 0 fully saturated rings. The first-order valence-corrected chi connectivity index (χ1v) is 8.04. The highest BCUT2D eigenvalue weighted by Crippen LogP contribution is 2.24. The molecule has 3 aromatic rings. The first kappa shape index (κ1) is 17.5. The number of nitrogens with zero attached hydrogens (tertiary/aromatic N) is 2. The van der Waals surface area contributed by atoms with Gasteiger partial charge in [-0.15, -0.1) is 0 Å². The fourth-order valence-corrected chi connectivity index (χ4v) is 2.45. The molecule has 26 heavy (non-hydrogen) atoms. The van der Waals surface area contributed by atoms with Gasteiger partial charge in [-0.25, -0.2) is 14.6 Å². The maximum absolute atomic E-state index is 12.0. The van der Waals surface area contributed by atoms with Crippen molar-refractivity contribution in [3.63, 3.8) is 0 Å². The highest BCUT2D eigenvalue weighted by molar-refractivity contribution is 5.90. The van der Waals surface area contributed by atoms with Gasteiger partial charge >= 0.3 is 12.1 Å². The molecule has 0 unspecified atom stereocenters. The van der Waals surface area contributed by atoms with E-state index in [1.54, 1.807) is 49.4 Å². The normalized spacial score (nSPS) is 11.3. The van der Waals surface area contributed by atoms with Crippen molar-refractivity contribution in [3.8, 4) is 11.3 Å². The molecule has 0 spiro atoms. The Morgan fingerprint density at radius 3 is 2.46 bits per heavy atom. The van der Waals surface area contributed by atoms with Gasteiger partial charge in [0.2, 0.25) is 0 Å². The lowest BCUT2D eigenvalue weighted by atomic mass is 10.1. The summed E-state index contributed by atoms with van der Waals surface area (Å²) < 4.78 is 7.06. The third kappa shape index (κ3) is 3.83. The molecule has 0 radical (unpaired) electrons. The van der Waals surface area contributed by atoms with Crippen molar-refractivity contribution in [1.29, 1.82) is 0 Å². The summed E-state index contributed by atoms with van der Waals surface area (Å²) in [5, 5.41) is 11.7. The number of imidazole rings is 1. The van der Waals surface area contributed by atoms with Crippen LogP contribution >= 0.6 is 0 Å². The van der Waals surface area contributed by atoms with E-state index in [0.717, 1.165) is 5.56 Å². The van der Waals surface area contributed by atoms with E-state index >= 15 is 0 Å². The van der Waals surface area contributed by atoms with Crippen molar-refractivity contribution in [3.05, 3.63) is 54.4 Å². The number of benzene rings is 1. The number of carboxylic acids is 1. The Morgan fingerprint density at radius 1 is 1.15 bits per heavy atom. The lowest BCUT2D eigenvalue weighted by molar-refractivity contribution is 0.0634. The Labute approximate surface area is 150 Å². The van der Waals surface area contributed by atoms with E-state index in [0.29, 0.717) is 17.0 Å². The van der Waals surface area contributed by atoms with E-state index in [2.05, 4.69) is 10.3 Å². The fourth-order valence-electron chi connectivity index (χ4n) is 2.45. The number of carboxylic acid groups (broad SMARTS) is 1. The number of hydrogen-bond acceptors (Lipinski definition) is 4. The van der Waals surface area contributed by atoms with Crippen LogP contribution in [-0.2, 0) is 4.74 Å². The number of carbonyl (C=O) groups excluding carboxylic acids is 1. The molecule has 2 N–H and O–H groups in total. The van der Waals surface area contributed by atoms with Gasteiger partial charge in [0.1, 0.15) is 5.60 Å². The van der Waals surface area contributed by atoms with E-state index in [-0.39, 0.29) is 5.56 Å². The van der Waals surface area contributed by atoms with Crippen LogP contribution in [0.5, 0.6) is 0 Å². The van der Waals surface area contributed by atoms with Crippen molar-refractivity contribution in [2.24, 2.45) is 0 Å². The summed E-state index contributed by atoms with van der Waals surface area (Å²) in [4.78, 5) is 27.5. The summed E-state index contributed by atoms with van der Waals surface area (Å²) in [7, 11) is 0. The highest BCUT2D eigenvalue weighted by Gasteiger charge is 2.18. The molecule has 0 aliphatic carbocycles. The molecule has 0 bridgehead atoms. The third-order valence-electron chi connectivity index (χ3n) is 3.55. The van der Waals surface area contributed by atoms with Crippen LogP contribution in [0.2, 0.25) is 0 Å². The van der Waals surface area contributed by atoms with Crippen molar-refractivity contribution < 1.29 is 19.4 Å². The van der Waals surface area contributed by atoms with Crippen LogP contribution in [0.15, 0.2) is 48.8 Å². The van der Waals surface area contributed by atoms with E-state index in [1.165, 1.54) is 12.1 Å². The van der Waals surface area contributed by atoms with E-state index in [1.807, 2.05) is 12.4 Å². The van der Waals surface area contributed by atoms with Gasteiger partial charge in [0.05, 0.1) is 16.9 Å². The Hall–Kier alpha value is -3.35. The standard InChI is InChI=1S/C19H19N3O4/c1-19(2,3)26-18(25)21-14-5-4-10-22-11-15(20-16(14)22)12-6-8-13(9-7-12)17(23)24/h4-11H,1-3H3,(H,21,25)(H,23,24). The number of rotatable bonds is 3. The zero-order valence-corrected chi connectivity index (χ0v) is 14.7. The van der Waals surface area contributed by atoms with Gasteiger partial charge in [-0.3, -0.25) is 5.32 Å². The smallest absolute Gasteiger partial charge is 0.412 e. The van der Waals surface area contributed by atoms with Gasteiger partial charge in [0.15, 0.2) is 5.65 Å². The minimum atomic E-state index is -0.976. The van der Waals surface area contributed by atoms with E-state index in [4.69, 9.17) is 9.84 Å². The molecule has 134 valence electrons. The minimum Gasteiger partial charge on any atom is -0.478 e. The molecular formula is C19H19N3O4. The van der Waals surface area contributed by atoms with Gasteiger partial charge in [-0.05, 0) is 45.0 Å². The van der Waals surface area contributed by atoms with E-state index in [9.17, 15) is 9.59 Å². The van der Waals surface area contributed by atoms with Crippen molar-refractivity contribution >= 4 is 23.4 Å². The maximum Gasteiger partial charge on any atom is 0.412 e. The summed E-state index contributed by atoms with van der Waals surface area (Å²) in [5.41, 5.74) is 2.15. The average molecular weight is 353 g/mol. The molecule has 1 aromatic carbocycles. The van der Waals surface area contributed by atoms with Crippen LogP contribution < -0.4 is 5.32 Å². The van der Waals surface area contributed by atoms with Crippen LogP contribution in [0, 0.1) is 0 Å². The quantitative estimate of drug-likeness (QED) is 0.741. The number of ether oxygens (including phenoxy) is 1. The molecule has 0 saturated carbocycles. The third-order valence-corrected chi connectivity index (χ3v) is 3.55. The van der Waals surface area contributed by atoms with Gasteiger partial charge in [-0.1, -0.05) is 12.1 Å². The number of hydrogen-bond donors (Lipinski definition) is 2. The second-order valence-electron chi connectivity index (χ2n) is 6.79. The highest BCUT2D eigenvalue weighted by atomic mass is 16.6. The number of carbonyl (C=O) groups is 2. The molecule has 2 aromatic heterocycles. The zero-order valence-electron chi connectivity index (χ0n) is 14.7. The first-order valence-electron chi connectivity index (χ1n) is 8.04. The van der Waals surface area contributed by atoms with Gasteiger partial charge in [0, 0.05) is 18.0 Å². The van der Waals surface area contributed by atoms with Crippen LogP contribution in [0.4, 0.5) is 10.5 Å². The summed E-state index contributed by atoms with van der Waals surface area (Å²) in [6, 6.07) is 9.99. The van der Waals surface area contributed by atoms with Crippen LogP contribution in [0.25, 0.3) is 16.9 Å². The molecule has 0 atom stereocenters. The fraction of sp³-hybridized carbons (Fsp3) is 0.211. The molecule has 0 saturated heterocycles. The molecule has 0 aliphatic heterocycles. The summed E-state index contributed by atoms with van der Waals surface area (Å²) in [6.07, 6.45) is 3.07. The van der Waals surface area contributed by atoms with Gasteiger partial charge in [0.25, 0.3) is 0 Å². The zero-order chi connectivity index (χ0) is 18.9. The average Bonchev–Trinajstić information content (AvgIpc) is 2.98. The number of anilines is 1. The Balaban J connectivity index is 1.91. The predicted molar refractivity (Wildman–Crippen MR) is 97.4 cm³/mol. The van der Waals surface area contributed by atoms with E-state index < -0.39 is 17.7 Å². The van der Waals surface area contributed by atoms with Crippen LogP contribution in [0.3, 0.4) is 0 Å². The Morgan fingerprint density at radius 2 is 1.85 bits per heavy atom. The number of aromatic nitrogens is 2. The van der Waals surface area contributed by atoms with Crippen molar-refractivity contribution in [2.75, 3.05) is 5.32 Å². The number of nitrogens with one attached hydrogen (secondary N) is 1. The van der Waals surface area contributed by atoms with Crippen molar-refractivity contribution in [2.45, 2.75) is 26.4 Å². The molecule has 3 rings (SSSR count). The molecule has 7 nitrogen and oxygen atoms in total. The van der Waals surface area contributed by atoms with Crippen LogP contribution in [-0.4, -0.2) is 32.2 Å². The monoisotopic (exact) mass is 353 g/mol. The lowest BCUT2D eigenvalue weighted by Gasteiger charge is -2.19. The summed E-state index contributed by atoms with van der Waals surface area (Å²) in [5.74, 6) is -0.976. The predicted octanol–water partition coefficient (Wildman–Crippen LogP) is 4.05. The summed E-state index contributed by atoms with van der Waals surface area (Å²) in [6.45, 7) is 5.38. The number of fused-ring (bicyclic) bond motifs is 1. The largest absolute Gasteiger partial charge is 0.478 e. The lowest BCUT2D eigenvalue weighted by Crippen LogP contribution is -2.27. The minimum absolute atomic E-state index is 0.213. The Kier molecular flexibility index (Phi) is 4.38. The van der Waals surface area contributed by atoms with Crippen molar-refractivity contribution in [1.82, 2.24) is 9.38 Å². The molecule has 0 aliphatic rings. The molecular weight excluding hydrogens is 334 g/mol. The molecule has 7 heteroatoms. The first-order chi connectivity index (χ1) is 12.2. The molecule has 1 amide bonds. The number of pyridine rings is 1. The SMILES string of the molecule is CC(C)(C)OC(=O)Nc1cccn2cc(-c3ccc(C(=O)O)cc3)nc12. The second kappa shape index (κ2) is 6.51. The van der Waals surface area contributed by atoms with Gasteiger partial charge < -0.3 is 14.2 Å². The number of amides is 1. The molecule has 2 heterocycles. The van der Waals surface area contributed by atoms with Crippen LogP contribution in [0.1, 0.15) is 31.1 Å². The number of aromatic carboxylic acids is 1. The summed E-state index contributed by atoms with van der Waals surface area (Å²) >= 11 is 0. The van der Waals surface area contributed by atoms with Gasteiger partial charge in [-0.2, -0.15) is 0 Å². The second-order valence-corrected chi connectivity index (χ2v) is 6.79. The maximum atomic E-state index is 12.0. The topological polar surface area (TPSA) is 92.9 Å².